The Morgan fingerprint density at radius 1 is 1.24 bits per heavy atom. The van der Waals surface area contributed by atoms with Gasteiger partial charge in [-0.1, -0.05) is 0 Å². The van der Waals surface area contributed by atoms with Crippen molar-refractivity contribution in [3.63, 3.8) is 0 Å². The Balaban J connectivity index is 2.49. The molecule has 0 aliphatic heterocycles. The first-order chi connectivity index (χ1) is 8.14. The molecular weight excluding hydrogens is 221 g/mol. The molecule has 1 fully saturated rings. The van der Waals surface area contributed by atoms with Crippen LogP contribution in [0.15, 0.2) is 12.1 Å². The first-order valence-electron chi connectivity index (χ1n) is 5.75. The third kappa shape index (κ3) is 1.97. The number of hydrogen-bond donors (Lipinski definition) is 1. The fourth-order valence-electron chi connectivity index (χ4n) is 2.29. The lowest BCUT2D eigenvalue weighted by Gasteiger charge is -2.39. The molecule has 2 rings (SSSR count). The lowest BCUT2D eigenvalue weighted by atomic mass is 9.72. The molecule has 0 spiro atoms. The number of ether oxygens (including phenoxy) is 2. The number of methoxy groups -OCH3 is 2. The van der Waals surface area contributed by atoms with E-state index in [2.05, 4.69) is 0 Å². The van der Waals surface area contributed by atoms with Crippen LogP contribution in [0.25, 0.3) is 0 Å². The summed E-state index contributed by atoms with van der Waals surface area (Å²) in [4.78, 5) is 0. The van der Waals surface area contributed by atoms with Crippen LogP contribution in [-0.2, 0) is 12.2 Å². The Bertz CT molecular complexity index is 416. The summed E-state index contributed by atoms with van der Waals surface area (Å²) in [7, 11) is 3.12. The Hall–Kier alpha value is -1.29. The largest absolute Gasteiger partial charge is 0.496 e. The molecule has 1 aliphatic rings. The molecule has 2 N–H and O–H groups in total. The van der Waals surface area contributed by atoms with Gasteiger partial charge in [0.05, 0.1) is 14.2 Å². The van der Waals surface area contributed by atoms with Gasteiger partial charge in [-0.2, -0.15) is 0 Å². The molecule has 0 amide bonds. The zero-order chi connectivity index (χ0) is 12.5. The van der Waals surface area contributed by atoms with Crippen LogP contribution in [0.5, 0.6) is 11.5 Å². The second kappa shape index (κ2) is 4.53. The van der Waals surface area contributed by atoms with Crippen molar-refractivity contribution in [1.29, 1.82) is 0 Å². The maximum absolute atomic E-state index is 12.9. The van der Waals surface area contributed by atoms with Gasteiger partial charge in [-0.15, -0.1) is 0 Å². The summed E-state index contributed by atoms with van der Waals surface area (Å²) in [6, 6.07) is 3.49. The van der Waals surface area contributed by atoms with Crippen LogP contribution < -0.4 is 15.2 Å². The lowest BCUT2D eigenvalue weighted by molar-refractivity contribution is 0.242. The molecule has 0 bridgehead atoms. The zero-order valence-corrected chi connectivity index (χ0v) is 10.3. The SMILES string of the molecule is COc1cc(OC)c(C2(N)CCC2)cc1CF. The smallest absolute Gasteiger partial charge is 0.128 e. The summed E-state index contributed by atoms with van der Waals surface area (Å²) in [5.41, 5.74) is 7.33. The second-order valence-corrected chi connectivity index (χ2v) is 4.51. The summed E-state index contributed by atoms with van der Waals surface area (Å²) < 4.78 is 23.4. The fraction of sp³-hybridized carbons (Fsp3) is 0.538. The van der Waals surface area contributed by atoms with E-state index >= 15 is 0 Å². The van der Waals surface area contributed by atoms with E-state index in [0.29, 0.717) is 17.1 Å². The van der Waals surface area contributed by atoms with Crippen LogP contribution >= 0.6 is 0 Å². The third-order valence-corrected chi connectivity index (χ3v) is 3.53. The van der Waals surface area contributed by atoms with Crippen molar-refractivity contribution >= 4 is 0 Å². The molecule has 0 saturated heterocycles. The standard InChI is InChI=1S/C13H18FNO2/c1-16-11-7-12(17-2)10(6-9(11)8-14)13(15)4-3-5-13/h6-7H,3-5,8,15H2,1-2H3. The number of rotatable bonds is 4. The fourth-order valence-corrected chi connectivity index (χ4v) is 2.29. The number of halogens is 1. The molecule has 0 heterocycles. The topological polar surface area (TPSA) is 44.5 Å². The minimum atomic E-state index is -0.559. The maximum Gasteiger partial charge on any atom is 0.128 e. The third-order valence-electron chi connectivity index (χ3n) is 3.53. The van der Waals surface area contributed by atoms with E-state index in [0.717, 1.165) is 24.8 Å². The molecular formula is C13H18FNO2. The maximum atomic E-state index is 12.9. The van der Waals surface area contributed by atoms with Crippen LogP contribution in [0.2, 0.25) is 0 Å². The number of nitrogens with two attached hydrogens (primary N) is 1. The number of alkyl halides is 1. The van der Waals surface area contributed by atoms with Crippen LogP contribution in [0.3, 0.4) is 0 Å². The highest BCUT2D eigenvalue weighted by molar-refractivity contribution is 5.50. The highest BCUT2D eigenvalue weighted by Gasteiger charge is 2.37. The predicted molar refractivity (Wildman–Crippen MR) is 64.1 cm³/mol. The Kier molecular flexibility index (Phi) is 3.24. The molecule has 4 heteroatoms. The molecule has 0 atom stereocenters. The second-order valence-electron chi connectivity index (χ2n) is 4.51. The first kappa shape index (κ1) is 12.2. The quantitative estimate of drug-likeness (QED) is 0.878. The van der Waals surface area contributed by atoms with E-state index < -0.39 is 6.67 Å². The predicted octanol–water partition coefficient (Wildman–Crippen LogP) is 2.51. The highest BCUT2D eigenvalue weighted by Crippen LogP contribution is 2.44. The molecule has 1 aromatic carbocycles. The van der Waals surface area contributed by atoms with E-state index in [9.17, 15) is 4.39 Å². The van der Waals surface area contributed by atoms with Crippen LogP contribution in [0.1, 0.15) is 30.4 Å². The normalized spacial score (nSPS) is 17.4. The molecule has 3 nitrogen and oxygen atoms in total. The van der Waals surface area contributed by atoms with Crippen LogP contribution in [0, 0.1) is 0 Å². The van der Waals surface area contributed by atoms with Crippen molar-refractivity contribution in [1.82, 2.24) is 0 Å². The van der Waals surface area contributed by atoms with Gasteiger partial charge in [-0.05, 0) is 25.3 Å². The summed E-state index contributed by atoms with van der Waals surface area (Å²) in [6.45, 7) is -0.559. The van der Waals surface area contributed by atoms with Crippen molar-refractivity contribution < 1.29 is 13.9 Å². The van der Waals surface area contributed by atoms with Gasteiger partial charge >= 0.3 is 0 Å². The monoisotopic (exact) mass is 239 g/mol. The van der Waals surface area contributed by atoms with Gasteiger partial charge in [-0.3, -0.25) is 0 Å². The van der Waals surface area contributed by atoms with E-state index in [1.807, 2.05) is 0 Å². The molecule has 1 aliphatic carbocycles. The van der Waals surface area contributed by atoms with Gasteiger partial charge in [0.25, 0.3) is 0 Å². The number of hydrogen-bond acceptors (Lipinski definition) is 3. The van der Waals surface area contributed by atoms with E-state index in [1.54, 1.807) is 19.2 Å². The Labute approximate surface area is 101 Å². The van der Waals surface area contributed by atoms with Crippen LogP contribution in [-0.4, -0.2) is 14.2 Å². The van der Waals surface area contributed by atoms with Crippen molar-refractivity contribution in [3.05, 3.63) is 23.3 Å². The van der Waals surface area contributed by atoms with Gasteiger partial charge in [0, 0.05) is 22.7 Å². The molecule has 0 aromatic heterocycles. The van der Waals surface area contributed by atoms with Gasteiger partial charge < -0.3 is 15.2 Å². The molecule has 1 saturated carbocycles. The van der Waals surface area contributed by atoms with Crippen LogP contribution in [0.4, 0.5) is 4.39 Å². The highest BCUT2D eigenvalue weighted by atomic mass is 19.1. The molecule has 17 heavy (non-hydrogen) atoms. The van der Waals surface area contributed by atoms with Crippen molar-refractivity contribution in [2.24, 2.45) is 5.73 Å². The molecule has 94 valence electrons. The zero-order valence-electron chi connectivity index (χ0n) is 10.3. The van der Waals surface area contributed by atoms with Gasteiger partial charge in [0.1, 0.15) is 18.2 Å². The summed E-state index contributed by atoms with van der Waals surface area (Å²) in [5.74, 6) is 1.19. The minimum Gasteiger partial charge on any atom is -0.496 e. The van der Waals surface area contributed by atoms with Crippen molar-refractivity contribution in [2.45, 2.75) is 31.5 Å². The van der Waals surface area contributed by atoms with Gasteiger partial charge in [0.15, 0.2) is 0 Å². The molecule has 1 aromatic rings. The average molecular weight is 239 g/mol. The van der Waals surface area contributed by atoms with E-state index in [-0.39, 0.29) is 5.54 Å². The average Bonchev–Trinajstić information content (AvgIpc) is 2.34. The van der Waals surface area contributed by atoms with Gasteiger partial charge in [0.2, 0.25) is 0 Å². The first-order valence-corrected chi connectivity index (χ1v) is 5.75. The minimum absolute atomic E-state index is 0.360. The number of benzene rings is 1. The van der Waals surface area contributed by atoms with Crippen molar-refractivity contribution in [3.8, 4) is 11.5 Å². The molecule has 0 unspecified atom stereocenters. The van der Waals surface area contributed by atoms with E-state index in [4.69, 9.17) is 15.2 Å². The summed E-state index contributed by atoms with van der Waals surface area (Å²) >= 11 is 0. The summed E-state index contributed by atoms with van der Waals surface area (Å²) in [5, 5.41) is 0. The Morgan fingerprint density at radius 2 is 1.88 bits per heavy atom. The van der Waals surface area contributed by atoms with E-state index in [1.165, 1.54) is 7.11 Å². The molecule has 0 radical (unpaired) electrons. The Morgan fingerprint density at radius 3 is 2.29 bits per heavy atom. The van der Waals surface area contributed by atoms with Gasteiger partial charge in [-0.25, -0.2) is 4.39 Å². The lowest BCUT2D eigenvalue weighted by Crippen LogP contribution is -2.43. The van der Waals surface area contributed by atoms with Crippen molar-refractivity contribution in [2.75, 3.05) is 14.2 Å². The summed E-state index contributed by atoms with van der Waals surface area (Å²) in [6.07, 6.45) is 2.94.